The first kappa shape index (κ1) is 15.0. The quantitative estimate of drug-likeness (QED) is 0.726. The Balaban J connectivity index is 1.62. The largest absolute Gasteiger partial charge is 0.463 e. The molecule has 4 rings (SSSR count). The van der Waals surface area contributed by atoms with E-state index in [9.17, 15) is 4.79 Å². The van der Waals surface area contributed by atoms with Gasteiger partial charge in [-0.05, 0) is 13.1 Å². The number of piperazine rings is 1. The monoisotopic (exact) mass is 324 g/mol. The zero-order valence-corrected chi connectivity index (χ0v) is 13.8. The van der Waals surface area contributed by atoms with E-state index >= 15 is 0 Å². The van der Waals surface area contributed by atoms with Gasteiger partial charge in [0.25, 0.3) is 5.91 Å². The normalized spacial score (nSPS) is 19.1. The minimum absolute atomic E-state index is 0.0206. The predicted octanol–water partition coefficient (Wildman–Crippen LogP) is 2.30. The minimum atomic E-state index is 0.0206. The maximum absolute atomic E-state index is 13.0. The third-order valence-electron chi connectivity index (χ3n) is 4.80. The summed E-state index contributed by atoms with van der Waals surface area (Å²) in [5, 5.41) is 0.870. The van der Waals surface area contributed by atoms with Crippen molar-refractivity contribution in [2.45, 2.75) is 6.04 Å². The molecule has 1 aliphatic rings. The average molecular weight is 324 g/mol. The number of benzene rings is 1. The number of hydrogen-bond donors (Lipinski definition) is 0. The van der Waals surface area contributed by atoms with Crippen molar-refractivity contribution < 1.29 is 9.21 Å². The lowest BCUT2D eigenvalue weighted by Gasteiger charge is -2.38. The fourth-order valence-electron chi connectivity index (χ4n) is 3.35. The first-order valence-corrected chi connectivity index (χ1v) is 8.08. The van der Waals surface area contributed by atoms with Gasteiger partial charge in [0.1, 0.15) is 17.7 Å². The van der Waals surface area contributed by atoms with E-state index in [0.717, 1.165) is 23.3 Å². The van der Waals surface area contributed by atoms with Gasteiger partial charge < -0.3 is 13.9 Å². The molecule has 2 aromatic heterocycles. The Morgan fingerprint density at radius 2 is 2.08 bits per heavy atom. The van der Waals surface area contributed by atoms with Crippen molar-refractivity contribution >= 4 is 16.9 Å². The first-order chi connectivity index (χ1) is 11.6. The maximum atomic E-state index is 13.0. The van der Waals surface area contributed by atoms with Crippen molar-refractivity contribution in [3.05, 3.63) is 54.3 Å². The Hall–Kier alpha value is -2.60. The molecule has 1 atom stereocenters. The number of aryl methyl sites for hydroxylation is 1. The molecule has 0 radical (unpaired) electrons. The number of rotatable bonds is 2. The molecule has 3 aromatic rings. The SMILES string of the molecule is CN1CCN(C(=O)c2coc3ccccc23)CC1c1nccn1C. The molecule has 6 nitrogen and oxygen atoms in total. The van der Waals surface area contributed by atoms with Crippen molar-refractivity contribution in [1.82, 2.24) is 19.4 Å². The summed E-state index contributed by atoms with van der Waals surface area (Å²) >= 11 is 0. The number of para-hydroxylation sites is 1. The summed E-state index contributed by atoms with van der Waals surface area (Å²) in [5.41, 5.74) is 1.38. The van der Waals surface area contributed by atoms with Crippen LogP contribution in [-0.2, 0) is 7.05 Å². The zero-order valence-electron chi connectivity index (χ0n) is 13.8. The van der Waals surface area contributed by atoms with Crippen molar-refractivity contribution in [3.63, 3.8) is 0 Å². The molecule has 0 aliphatic carbocycles. The average Bonchev–Trinajstić information content (AvgIpc) is 3.21. The Morgan fingerprint density at radius 3 is 2.88 bits per heavy atom. The van der Waals surface area contributed by atoms with Crippen molar-refractivity contribution in [3.8, 4) is 0 Å². The molecule has 0 saturated carbocycles. The predicted molar refractivity (Wildman–Crippen MR) is 90.7 cm³/mol. The molecule has 1 aliphatic heterocycles. The first-order valence-electron chi connectivity index (χ1n) is 8.08. The summed E-state index contributed by atoms with van der Waals surface area (Å²) in [6.45, 7) is 2.15. The summed E-state index contributed by atoms with van der Waals surface area (Å²) in [4.78, 5) is 21.6. The minimum Gasteiger partial charge on any atom is -0.463 e. The maximum Gasteiger partial charge on any atom is 0.257 e. The van der Waals surface area contributed by atoms with E-state index in [1.807, 2.05) is 47.0 Å². The highest BCUT2D eigenvalue weighted by atomic mass is 16.3. The van der Waals surface area contributed by atoms with Crippen LogP contribution in [0.25, 0.3) is 11.0 Å². The van der Waals surface area contributed by atoms with Crippen LogP contribution in [0.15, 0.2) is 47.3 Å². The van der Waals surface area contributed by atoms with Gasteiger partial charge >= 0.3 is 0 Å². The molecule has 1 amide bonds. The molecule has 0 bridgehead atoms. The van der Waals surface area contributed by atoms with E-state index in [2.05, 4.69) is 16.9 Å². The lowest BCUT2D eigenvalue weighted by atomic mass is 10.1. The Bertz CT molecular complexity index is 882. The van der Waals surface area contributed by atoms with Crippen LogP contribution >= 0.6 is 0 Å². The van der Waals surface area contributed by atoms with Gasteiger partial charge in [-0.1, -0.05) is 18.2 Å². The lowest BCUT2D eigenvalue weighted by Crippen LogP contribution is -2.49. The summed E-state index contributed by atoms with van der Waals surface area (Å²) in [6.07, 6.45) is 5.31. The molecular formula is C18H20N4O2. The summed E-state index contributed by atoms with van der Waals surface area (Å²) in [5.74, 6) is 0.999. The van der Waals surface area contributed by atoms with E-state index in [-0.39, 0.29) is 11.9 Å². The molecule has 24 heavy (non-hydrogen) atoms. The van der Waals surface area contributed by atoms with E-state index in [4.69, 9.17) is 4.42 Å². The number of nitrogens with zero attached hydrogens (tertiary/aromatic N) is 4. The topological polar surface area (TPSA) is 54.5 Å². The molecule has 0 spiro atoms. The fraction of sp³-hybridized carbons (Fsp3) is 0.333. The molecular weight excluding hydrogens is 304 g/mol. The summed E-state index contributed by atoms with van der Waals surface area (Å²) < 4.78 is 7.54. The van der Waals surface area contributed by atoms with Crippen LogP contribution in [0.5, 0.6) is 0 Å². The molecule has 3 heterocycles. The number of likely N-dealkylation sites (N-methyl/N-ethyl adjacent to an activating group) is 1. The highest BCUT2D eigenvalue weighted by molar-refractivity contribution is 6.05. The number of amides is 1. The van der Waals surface area contributed by atoms with Gasteiger partial charge in [-0.15, -0.1) is 0 Å². The van der Waals surface area contributed by atoms with Crippen molar-refractivity contribution in [2.75, 3.05) is 26.7 Å². The second-order valence-corrected chi connectivity index (χ2v) is 6.29. The number of fused-ring (bicyclic) bond motifs is 1. The molecule has 1 unspecified atom stereocenters. The van der Waals surface area contributed by atoms with Crippen LogP contribution in [0.2, 0.25) is 0 Å². The van der Waals surface area contributed by atoms with Crippen LogP contribution in [0.3, 0.4) is 0 Å². The highest BCUT2D eigenvalue weighted by Crippen LogP contribution is 2.26. The molecule has 1 saturated heterocycles. The molecule has 124 valence electrons. The number of aromatic nitrogens is 2. The molecule has 0 N–H and O–H groups in total. The second kappa shape index (κ2) is 5.79. The summed E-state index contributed by atoms with van der Waals surface area (Å²) in [7, 11) is 4.06. The molecule has 1 aromatic carbocycles. The fourth-order valence-corrected chi connectivity index (χ4v) is 3.35. The Kier molecular flexibility index (Phi) is 3.61. The second-order valence-electron chi connectivity index (χ2n) is 6.29. The van der Waals surface area contributed by atoms with Gasteiger partial charge in [0.2, 0.25) is 0 Å². The van der Waals surface area contributed by atoms with Gasteiger partial charge in [0, 0.05) is 44.5 Å². The van der Waals surface area contributed by atoms with E-state index in [0.29, 0.717) is 18.7 Å². The van der Waals surface area contributed by atoms with Crippen molar-refractivity contribution in [1.29, 1.82) is 0 Å². The van der Waals surface area contributed by atoms with Gasteiger partial charge in [-0.3, -0.25) is 9.69 Å². The van der Waals surface area contributed by atoms with Crippen LogP contribution < -0.4 is 0 Å². The number of carbonyl (C=O) groups is 1. The number of furan rings is 1. The Morgan fingerprint density at radius 1 is 1.25 bits per heavy atom. The third-order valence-corrected chi connectivity index (χ3v) is 4.80. The van der Waals surface area contributed by atoms with Crippen LogP contribution in [0.4, 0.5) is 0 Å². The van der Waals surface area contributed by atoms with Gasteiger partial charge in [0.15, 0.2) is 0 Å². The number of imidazole rings is 1. The van der Waals surface area contributed by atoms with Gasteiger partial charge in [-0.25, -0.2) is 4.98 Å². The van der Waals surface area contributed by atoms with Crippen LogP contribution in [0, 0.1) is 0 Å². The van der Waals surface area contributed by atoms with Gasteiger partial charge in [0.05, 0.1) is 11.6 Å². The molecule has 1 fully saturated rings. The summed E-state index contributed by atoms with van der Waals surface area (Å²) in [6, 6.07) is 7.74. The van der Waals surface area contributed by atoms with Crippen LogP contribution in [0.1, 0.15) is 22.2 Å². The lowest BCUT2D eigenvalue weighted by molar-refractivity contribution is 0.0529. The van der Waals surface area contributed by atoms with E-state index in [1.54, 1.807) is 12.5 Å². The highest BCUT2D eigenvalue weighted by Gasteiger charge is 2.32. The third kappa shape index (κ3) is 2.39. The smallest absolute Gasteiger partial charge is 0.257 e. The van der Waals surface area contributed by atoms with E-state index in [1.165, 1.54) is 0 Å². The Labute approximate surface area is 140 Å². The number of hydrogen-bond acceptors (Lipinski definition) is 4. The van der Waals surface area contributed by atoms with Crippen molar-refractivity contribution in [2.24, 2.45) is 7.05 Å². The number of carbonyl (C=O) groups excluding carboxylic acids is 1. The van der Waals surface area contributed by atoms with E-state index < -0.39 is 0 Å². The zero-order chi connectivity index (χ0) is 16.7. The van der Waals surface area contributed by atoms with Gasteiger partial charge in [-0.2, -0.15) is 0 Å². The molecule has 6 heteroatoms. The standard InChI is InChI=1S/C18H20N4O2/c1-20-9-10-22(11-15(20)17-19-7-8-21(17)2)18(23)14-12-24-16-6-4-3-5-13(14)16/h3-8,12,15H,9-11H2,1-2H3. The van der Waals surface area contributed by atoms with Crippen LogP contribution in [-0.4, -0.2) is 51.9 Å².